The molecule has 3 heterocycles. The molecule has 2 saturated heterocycles. The normalized spacial score (nSPS) is 23.3. The van der Waals surface area contributed by atoms with Gasteiger partial charge in [0.05, 0.1) is 30.3 Å². The van der Waals surface area contributed by atoms with Gasteiger partial charge < -0.3 is 9.64 Å². The molecular formula is C19H23N3O2S. The second kappa shape index (κ2) is 6.77. The number of likely N-dealkylation sites (tertiary alicyclic amines) is 2. The third kappa shape index (κ3) is 3.41. The van der Waals surface area contributed by atoms with Crippen molar-refractivity contribution in [2.75, 3.05) is 26.7 Å². The van der Waals surface area contributed by atoms with Gasteiger partial charge in [0, 0.05) is 37.5 Å². The Morgan fingerprint density at radius 3 is 2.88 bits per heavy atom. The van der Waals surface area contributed by atoms with Crippen molar-refractivity contribution in [3.63, 3.8) is 0 Å². The fourth-order valence-corrected chi connectivity index (χ4v) is 4.61. The average Bonchev–Trinajstić information content (AvgIpc) is 3.26. The van der Waals surface area contributed by atoms with Gasteiger partial charge >= 0.3 is 0 Å². The fourth-order valence-electron chi connectivity index (χ4n) is 4.01. The van der Waals surface area contributed by atoms with Crippen LogP contribution in [0.2, 0.25) is 0 Å². The van der Waals surface area contributed by atoms with E-state index in [9.17, 15) is 4.79 Å². The van der Waals surface area contributed by atoms with Crippen molar-refractivity contribution in [2.24, 2.45) is 11.8 Å². The van der Waals surface area contributed by atoms with Gasteiger partial charge in [-0.2, -0.15) is 0 Å². The standard InChI is InChI=1S/C19H23N3O2S/c1-13-20-16(12-25-13)10-22-9-15-8-21(11-18(15)19(22)23)7-14-4-3-5-17(6-14)24-2/h3-6,12,15,18H,7-11H2,1-2H3/t15-,18-/m0/s1. The van der Waals surface area contributed by atoms with Crippen molar-refractivity contribution in [2.45, 2.75) is 20.0 Å². The number of carbonyl (C=O) groups is 1. The molecule has 0 radical (unpaired) electrons. The van der Waals surface area contributed by atoms with E-state index >= 15 is 0 Å². The van der Waals surface area contributed by atoms with Crippen LogP contribution in [0.15, 0.2) is 29.6 Å². The van der Waals surface area contributed by atoms with E-state index in [0.717, 1.165) is 42.6 Å². The van der Waals surface area contributed by atoms with Gasteiger partial charge in [0.15, 0.2) is 0 Å². The zero-order valence-corrected chi connectivity index (χ0v) is 15.5. The highest BCUT2D eigenvalue weighted by molar-refractivity contribution is 7.09. The van der Waals surface area contributed by atoms with Crippen LogP contribution in [0.3, 0.4) is 0 Å². The minimum Gasteiger partial charge on any atom is -0.497 e. The molecule has 0 saturated carbocycles. The highest BCUT2D eigenvalue weighted by Gasteiger charge is 2.45. The molecule has 0 spiro atoms. The summed E-state index contributed by atoms with van der Waals surface area (Å²) in [6.45, 7) is 6.24. The number of benzene rings is 1. The van der Waals surface area contributed by atoms with Crippen molar-refractivity contribution in [1.29, 1.82) is 0 Å². The first-order valence-electron chi connectivity index (χ1n) is 8.67. The zero-order valence-electron chi connectivity index (χ0n) is 14.6. The third-order valence-electron chi connectivity index (χ3n) is 5.16. The number of hydrogen-bond acceptors (Lipinski definition) is 5. The number of hydrogen-bond donors (Lipinski definition) is 0. The number of fused-ring (bicyclic) bond motifs is 1. The quantitative estimate of drug-likeness (QED) is 0.825. The van der Waals surface area contributed by atoms with Gasteiger partial charge in [0.1, 0.15) is 5.75 Å². The summed E-state index contributed by atoms with van der Waals surface area (Å²) < 4.78 is 5.30. The Morgan fingerprint density at radius 1 is 1.28 bits per heavy atom. The van der Waals surface area contributed by atoms with Crippen LogP contribution in [0.4, 0.5) is 0 Å². The van der Waals surface area contributed by atoms with Crippen LogP contribution in [-0.4, -0.2) is 47.4 Å². The van der Waals surface area contributed by atoms with Crippen LogP contribution < -0.4 is 4.74 Å². The van der Waals surface area contributed by atoms with E-state index in [2.05, 4.69) is 27.4 Å². The van der Waals surface area contributed by atoms with Crippen LogP contribution in [-0.2, 0) is 17.9 Å². The summed E-state index contributed by atoms with van der Waals surface area (Å²) in [7, 11) is 1.69. The summed E-state index contributed by atoms with van der Waals surface area (Å²) in [5.74, 6) is 1.77. The predicted molar refractivity (Wildman–Crippen MR) is 97.5 cm³/mol. The van der Waals surface area contributed by atoms with Crippen LogP contribution in [0.1, 0.15) is 16.3 Å². The van der Waals surface area contributed by atoms with Crippen LogP contribution in [0.25, 0.3) is 0 Å². The number of amides is 1. The van der Waals surface area contributed by atoms with E-state index in [1.54, 1.807) is 18.4 Å². The SMILES string of the molecule is COc1cccc(CN2C[C@H]3CN(Cc4csc(C)n4)C(=O)[C@H]3C2)c1. The number of aromatic nitrogens is 1. The second-order valence-corrected chi connectivity index (χ2v) is 8.05. The lowest BCUT2D eigenvalue weighted by Gasteiger charge is -2.21. The Bertz CT molecular complexity index is 776. The molecule has 5 nitrogen and oxygen atoms in total. The number of aryl methyl sites for hydroxylation is 1. The molecule has 2 atom stereocenters. The van der Waals surface area contributed by atoms with Crippen molar-refractivity contribution in [3.05, 3.63) is 45.9 Å². The van der Waals surface area contributed by atoms with Crippen molar-refractivity contribution in [1.82, 2.24) is 14.8 Å². The fraction of sp³-hybridized carbons (Fsp3) is 0.474. The minimum absolute atomic E-state index is 0.144. The first-order chi connectivity index (χ1) is 12.1. The lowest BCUT2D eigenvalue weighted by atomic mass is 10.0. The number of rotatable bonds is 5. The molecule has 2 aliphatic rings. The molecule has 0 unspecified atom stereocenters. The molecule has 1 amide bonds. The molecule has 0 bridgehead atoms. The van der Waals surface area contributed by atoms with Gasteiger partial charge in [-0.15, -0.1) is 11.3 Å². The topological polar surface area (TPSA) is 45.7 Å². The molecule has 0 N–H and O–H groups in total. The maximum atomic E-state index is 12.8. The second-order valence-electron chi connectivity index (χ2n) is 6.99. The van der Waals surface area contributed by atoms with Gasteiger partial charge in [0.2, 0.25) is 5.91 Å². The molecule has 1 aromatic carbocycles. The van der Waals surface area contributed by atoms with Gasteiger partial charge in [-0.05, 0) is 24.6 Å². The van der Waals surface area contributed by atoms with E-state index in [0.29, 0.717) is 18.4 Å². The predicted octanol–water partition coefficient (Wildman–Crippen LogP) is 2.55. The number of carbonyl (C=O) groups excluding carboxylic acids is 1. The summed E-state index contributed by atoms with van der Waals surface area (Å²) in [4.78, 5) is 21.6. The van der Waals surface area contributed by atoms with Gasteiger partial charge in [-0.25, -0.2) is 4.98 Å². The van der Waals surface area contributed by atoms with E-state index in [4.69, 9.17) is 4.74 Å². The summed E-state index contributed by atoms with van der Waals surface area (Å²) in [6, 6.07) is 8.18. The smallest absolute Gasteiger partial charge is 0.227 e. The molecular weight excluding hydrogens is 334 g/mol. The van der Waals surface area contributed by atoms with Gasteiger partial charge in [0.25, 0.3) is 0 Å². The first-order valence-corrected chi connectivity index (χ1v) is 9.55. The Labute approximate surface area is 152 Å². The maximum Gasteiger partial charge on any atom is 0.227 e. The summed E-state index contributed by atoms with van der Waals surface area (Å²) in [5.41, 5.74) is 2.26. The largest absolute Gasteiger partial charge is 0.497 e. The highest BCUT2D eigenvalue weighted by atomic mass is 32.1. The van der Waals surface area contributed by atoms with E-state index in [1.807, 2.05) is 24.0 Å². The lowest BCUT2D eigenvalue weighted by molar-refractivity contribution is -0.131. The molecule has 132 valence electrons. The number of ether oxygens (including phenoxy) is 1. The number of thiazole rings is 1. The molecule has 4 rings (SSSR count). The molecule has 25 heavy (non-hydrogen) atoms. The molecule has 2 aliphatic heterocycles. The monoisotopic (exact) mass is 357 g/mol. The van der Waals surface area contributed by atoms with E-state index < -0.39 is 0 Å². The third-order valence-corrected chi connectivity index (χ3v) is 5.98. The average molecular weight is 357 g/mol. The maximum absolute atomic E-state index is 12.8. The van der Waals surface area contributed by atoms with Crippen molar-refractivity contribution in [3.8, 4) is 5.75 Å². The Balaban J connectivity index is 1.36. The van der Waals surface area contributed by atoms with Crippen LogP contribution in [0, 0.1) is 18.8 Å². The molecule has 0 aliphatic carbocycles. The zero-order chi connectivity index (χ0) is 17.4. The Hall–Kier alpha value is -1.92. The molecule has 2 fully saturated rings. The number of nitrogens with zero attached hydrogens (tertiary/aromatic N) is 3. The van der Waals surface area contributed by atoms with Crippen LogP contribution in [0.5, 0.6) is 5.75 Å². The highest BCUT2D eigenvalue weighted by Crippen LogP contribution is 2.34. The summed E-state index contributed by atoms with van der Waals surface area (Å²) in [5, 5.41) is 3.12. The van der Waals surface area contributed by atoms with E-state index in [1.165, 1.54) is 5.56 Å². The Kier molecular flexibility index (Phi) is 4.48. The Morgan fingerprint density at radius 2 is 2.16 bits per heavy atom. The summed E-state index contributed by atoms with van der Waals surface area (Å²) in [6.07, 6.45) is 0. The minimum atomic E-state index is 0.144. The van der Waals surface area contributed by atoms with Gasteiger partial charge in [-0.3, -0.25) is 9.69 Å². The molecule has 1 aromatic heterocycles. The lowest BCUT2D eigenvalue weighted by Crippen LogP contribution is -2.32. The van der Waals surface area contributed by atoms with E-state index in [-0.39, 0.29) is 5.92 Å². The van der Waals surface area contributed by atoms with Crippen LogP contribution >= 0.6 is 11.3 Å². The summed E-state index contributed by atoms with van der Waals surface area (Å²) >= 11 is 1.65. The van der Waals surface area contributed by atoms with Crippen molar-refractivity contribution < 1.29 is 9.53 Å². The van der Waals surface area contributed by atoms with Crippen molar-refractivity contribution >= 4 is 17.2 Å². The molecule has 2 aromatic rings. The number of methoxy groups -OCH3 is 1. The molecule has 6 heteroatoms. The first kappa shape index (κ1) is 16.5. The van der Waals surface area contributed by atoms with Gasteiger partial charge in [-0.1, -0.05) is 12.1 Å².